The fraction of sp³-hybridized carbons (Fsp3) is 0.167. The van der Waals surface area contributed by atoms with Gasteiger partial charge in [0, 0.05) is 29.5 Å². The first kappa shape index (κ1) is 21.0. The highest BCUT2D eigenvalue weighted by atomic mass is 16.6. The average Bonchev–Trinajstić information content (AvgIpc) is 3.23. The van der Waals surface area contributed by atoms with Crippen LogP contribution in [-0.2, 0) is 11.2 Å². The number of hydrogen-bond donors (Lipinski definition) is 2. The van der Waals surface area contributed by atoms with Gasteiger partial charge in [-0.1, -0.05) is 24.3 Å². The number of amides is 2. The number of anilines is 3. The molecule has 162 valence electrons. The van der Waals surface area contributed by atoms with E-state index in [-0.39, 0.29) is 24.0 Å². The van der Waals surface area contributed by atoms with Gasteiger partial charge in [0.05, 0.1) is 22.7 Å². The van der Waals surface area contributed by atoms with Crippen molar-refractivity contribution in [3.8, 4) is 0 Å². The molecule has 4 rings (SSSR count). The lowest BCUT2D eigenvalue weighted by atomic mass is 10.1. The summed E-state index contributed by atoms with van der Waals surface area (Å²) in [6.45, 7) is 2.24. The van der Waals surface area contributed by atoms with Gasteiger partial charge in [-0.15, -0.1) is 0 Å². The molecule has 0 saturated heterocycles. The molecule has 0 radical (unpaired) electrons. The summed E-state index contributed by atoms with van der Waals surface area (Å²) >= 11 is 0. The Hall–Kier alpha value is -4.20. The molecule has 0 aromatic heterocycles. The maximum atomic E-state index is 12.9. The van der Waals surface area contributed by atoms with Crippen LogP contribution in [0.5, 0.6) is 0 Å². The van der Waals surface area contributed by atoms with Crippen molar-refractivity contribution in [1.29, 1.82) is 0 Å². The highest BCUT2D eigenvalue weighted by Crippen LogP contribution is 2.29. The van der Waals surface area contributed by atoms with E-state index in [9.17, 15) is 19.7 Å². The first-order valence-electron chi connectivity index (χ1n) is 10.2. The van der Waals surface area contributed by atoms with Gasteiger partial charge in [-0.2, -0.15) is 0 Å². The van der Waals surface area contributed by atoms with E-state index in [0.717, 1.165) is 12.1 Å². The van der Waals surface area contributed by atoms with Gasteiger partial charge in [0.1, 0.15) is 0 Å². The van der Waals surface area contributed by atoms with Crippen molar-refractivity contribution >= 4 is 34.6 Å². The molecule has 0 saturated carbocycles. The molecule has 0 atom stereocenters. The van der Waals surface area contributed by atoms with Crippen LogP contribution in [0.1, 0.15) is 21.5 Å². The van der Waals surface area contributed by atoms with Gasteiger partial charge < -0.3 is 15.5 Å². The molecule has 8 heteroatoms. The number of rotatable bonds is 6. The van der Waals surface area contributed by atoms with Gasteiger partial charge in [-0.25, -0.2) is 0 Å². The molecule has 2 N–H and O–H groups in total. The van der Waals surface area contributed by atoms with Gasteiger partial charge in [0.15, 0.2) is 0 Å². The van der Waals surface area contributed by atoms with Crippen LogP contribution < -0.4 is 15.5 Å². The van der Waals surface area contributed by atoms with E-state index < -0.39 is 4.92 Å². The van der Waals surface area contributed by atoms with Crippen LogP contribution in [0, 0.1) is 17.0 Å². The highest BCUT2D eigenvalue weighted by molar-refractivity contribution is 6.07. The van der Waals surface area contributed by atoms with Crippen LogP contribution in [0.4, 0.5) is 22.7 Å². The second kappa shape index (κ2) is 8.89. The highest BCUT2D eigenvalue weighted by Gasteiger charge is 2.25. The van der Waals surface area contributed by atoms with Crippen LogP contribution in [0.15, 0.2) is 66.7 Å². The van der Waals surface area contributed by atoms with Crippen LogP contribution >= 0.6 is 0 Å². The third-order valence-electron chi connectivity index (χ3n) is 5.49. The van der Waals surface area contributed by atoms with Crippen molar-refractivity contribution in [2.45, 2.75) is 13.3 Å². The van der Waals surface area contributed by atoms with E-state index in [2.05, 4.69) is 10.6 Å². The molecule has 0 aliphatic carbocycles. The van der Waals surface area contributed by atoms with Crippen molar-refractivity contribution in [3.05, 3.63) is 93.5 Å². The molecular formula is C24H22N4O4. The first-order chi connectivity index (χ1) is 15.4. The Bertz CT molecular complexity index is 1190. The lowest BCUT2D eigenvalue weighted by molar-refractivity contribution is -0.385. The topological polar surface area (TPSA) is 105 Å². The molecule has 3 aromatic carbocycles. The predicted molar refractivity (Wildman–Crippen MR) is 123 cm³/mol. The number of carbonyl (C=O) groups excluding carboxylic acids is 2. The normalized spacial score (nSPS) is 12.2. The maximum Gasteiger partial charge on any atom is 0.274 e. The van der Waals surface area contributed by atoms with Crippen molar-refractivity contribution in [1.82, 2.24) is 0 Å². The second-order valence-corrected chi connectivity index (χ2v) is 7.52. The minimum Gasteiger partial charge on any atom is -0.376 e. The van der Waals surface area contributed by atoms with Crippen molar-refractivity contribution in [2.24, 2.45) is 0 Å². The van der Waals surface area contributed by atoms with Crippen molar-refractivity contribution < 1.29 is 14.5 Å². The number of hydrogen-bond acceptors (Lipinski definition) is 5. The standard InChI is InChI=1S/C24H22N4O4/c1-16-20(6-4-8-21(16)28(31)32)26-23(29)15-25-19-11-9-18(10-12-19)24(30)27-14-13-17-5-2-3-7-22(17)27/h2-12,25H,13-15H2,1H3,(H,26,29). The van der Waals surface area contributed by atoms with Gasteiger partial charge in [-0.3, -0.25) is 19.7 Å². The van der Waals surface area contributed by atoms with Crippen LogP contribution in [0.25, 0.3) is 0 Å². The predicted octanol–water partition coefficient (Wildman–Crippen LogP) is 4.16. The molecule has 0 spiro atoms. The van der Waals surface area contributed by atoms with Gasteiger partial charge in [0.2, 0.25) is 5.91 Å². The number of nitro benzene ring substituents is 1. The fourth-order valence-electron chi connectivity index (χ4n) is 3.77. The number of para-hydroxylation sites is 1. The fourth-order valence-corrected chi connectivity index (χ4v) is 3.77. The summed E-state index contributed by atoms with van der Waals surface area (Å²) < 4.78 is 0. The SMILES string of the molecule is Cc1c(NC(=O)CNc2ccc(C(=O)N3CCc4ccccc43)cc2)cccc1[N+](=O)[O-]. The van der Waals surface area contributed by atoms with E-state index in [1.54, 1.807) is 42.2 Å². The molecule has 2 amide bonds. The zero-order valence-electron chi connectivity index (χ0n) is 17.5. The zero-order valence-corrected chi connectivity index (χ0v) is 17.5. The summed E-state index contributed by atoms with van der Waals surface area (Å²) in [6, 6.07) is 19.4. The molecule has 1 aliphatic heterocycles. The summed E-state index contributed by atoms with van der Waals surface area (Å²) in [4.78, 5) is 37.5. The smallest absolute Gasteiger partial charge is 0.274 e. The monoisotopic (exact) mass is 430 g/mol. The number of nitrogens with one attached hydrogen (secondary N) is 2. The van der Waals surface area contributed by atoms with Gasteiger partial charge in [0.25, 0.3) is 11.6 Å². The summed E-state index contributed by atoms with van der Waals surface area (Å²) in [6.07, 6.45) is 0.848. The van der Waals surface area contributed by atoms with Crippen LogP contribution in [0.2, 0.25) is 0 Å². The third-order valence-corrected chi connectivity index (χ3v) is 5.49. The largest absolute Gasteiger partial charge is 0.376 e. The van der Waals surface area contributed by atoms with E-state index >= 15 is 0 Å². The number of benzene rings is 3. The van der Waals surface area contributed by atoms with Crippen LogP contribution in [0.3, 0.4) is 0 Å². The Morgan fingerprint density at radius 3 is 2.53 bits per heavy atom. The zero-order chi connectivity index (χ0) is 22.7. The number of nitro groups is 1. The number of carbonyl (C=O) groups is 2. The van der Waals surface area contributed by atoms with Gasteiger partial charge in [-0.05, 0) is 55.3 Å². The minimum absolute atomic E-state index is 0.0189. The van der Waals surface area contributed by atoms with Crippen molar-refractivity contribution in [3.63, 3.8) is 0 Å². The Morgan fingerprint density at radius 1 is 1.03 bits per heavy atom. The van der Waals surface area contributed by atoms with Crippen LogP contribution in [-0.4, -0.2) is 29.8 Å². The summed E-state index contributed by atoms with van der Waals surface area (Å²) in [5.41, 5.74) is 4.14. The Morgan fingerprint density at radius 2 is 1.78 bits per heavy atom. The summed E-state index contributed by atoms with van der Waals surface area (Å²) in [5, 5.41) is 16.7. The van der Waals surface area contributed by atoms with E-state index in [1.807, 2.05) is 24.3 Å². The van der Waals surface area contributed by atoms with Gasteiger partial charge >= 0.3 is 0 Å². The average molecular weight is 430 g/mol. The molecule has 1 heterocycles. The summed E-state index contributed by atoms with van der Waals surface area (Å²) in [5.74, 6) is -0.386. The number of nitrogens with zero attached hydrogens (tertiary/aromatic N) is 2. The molecule has 0 bridgehead atoms. The molecule has 0 unspecified atom stereocenters. The first-order valence-corrected chi connectivity index (χ1v) is 10.2. The second-order valence-electron chi connectivity index (χ2n) is 7.52. The summed E-state index contributed by atoms with van der Waals surface area (Å²) in [7, 11) is 0. The quantitative estimate of drug-likeness (QED) is 0.451. The molecule has 32 heavy (non-hydrogen) atoms. The molecule has 0 fully saturated rings. The van der Waals surface area contributed by atoms with E-state index in [0.29, 0.717) is 29.0 Å². The Balaban J connectivity index is 1.36. The lowest BCUT2D eigenvalue weighted by Gasteiger charge is -2.17. The molecule has 8 nitrogen and oxygen atoms in total. The Labute approximate surface area is 185 Å². The molecule has 1 aliphatic rings. The van der Waals surface area contributed by atoms with E-state index in [4.69, 9.17) is 0 Å². The minimum atomic E-state index is -0.479. The van der Waals surface area contributed by atoms with Crippen molar-refractivity contribution in [2.75, 3.05) is 28.6 Å². The third kappa shape index (κ3) is 4.29. The van der Waals surface area contributed by atoms with E-state index in [1.165, 1.54) is 17.7 Å². The Kier molecular flexibility index (Phi) is 5.85. The maximum absolute atomic E-state index is 12.9. The lowest BCUT2D eigenvalue weighted by Crippen LogP contribution is -2.28. The molecular weight excluding hydrogens is 408 g/mol. The molecule has 3 aromatic rings. The number of fused-ring (bicyclic) bond motifs is 1.